The second kappa shape index (κ2) is 13.8. The van der Waals surface area contributed by atoms with Crippen molar-refractivity contribution in [2.75, 3.05) is 18.4 Å². The van der Waals surface area contributed by atoms with Crippen LogP contribution in [0, 0.1) is 24.2 Å². The maximum absolute atomic E-state index is 13.4. The lowest BCUT2D eigenvalue weighted by Crippen LogP contribution is -2.81. The summed E-state index contributed by atoms with van der Waals surface area (Å²) in [4.78, 5) is 62.6. The first kappa shape index (κ1) is 33.4. The van der Waals surface area contributed by atoms with Gasteiger partial charge < -0.3 is 16.0 Å². The molecule has 1 fully saturated rings. The van der Waals surface area contributed by atoms with Crippen LogP contribution in [0.3, 0.4) is 0 Å². The van der Waals surface area contributed by atoms with E-state index in [1.165, 1.54) is 28.3 Å². The molecule has 47 heavy (non-hydrogen) atoms. The standard InChI is InChI=1S/C33H39N9O4S/c1-18(2)31(44)40-12-10-22(11-13-40)26-14-24(28(39-26)29(35)37-17-34)21-6-8-23(9-7-21)38-30(43)25-16-41(19(3)4)33(46)42(32(25)45)27-15-36-20(5)47-27/h6-9,14-19,22,39H,10-13H2,1-5H3,(H,38,43)(H3,34,35,37)/p+1. The number of likely N-dealkylation sites (tertiary alicyclic amines) is 1. The van der Waals surface area contributed by atoms with Crippen molar-refractivity contribution in [3.05, 3.63) is 91.1 Å². The molecular formula is C33H40N9O4S+. The number of hydrogen-bond donors (Lipinski definition) is 4. The highest BCUT2D eigenvalue weighted by atomic mass is 32.1. The van der Waals surface area contributed by atoms with Gasteiger partial charge >= 0.3 is 5.69 Å². The monoisotopic (exact) mass is 658 g/mol. The van der Waals surface area contributed by atoms with Gasteiger partial charge in [0.25, 0.3) is 11.5 Å². The van der Waals surface area contributed by atoms with Crippen molar-refractivity contribution in [3.8, 4) is 5.00 Å². The molecule has 2 aliphatic rings. The first-order chi connectivity index (χ1) is 22.4. The molecule has 14 heteroatoms. The number of quaternary nitrogens is 1. The van der Waals surface area contributed by atoms with Crippen LogP contribution in [0.5, 0.6) is 0 Å². The van der Waals surface area contributed by atoms with E-state index >= 15 is 0 Å². The normalized spacial score (nSPS) is 15.6. The van der Waals surface area contributed by atoms with Gasteiger partial charge in [-0.1, -0.05) is 26.0 Å². The topological polar surface area (TPSA) is 185 Å². The van der Waals surface area contributed by atoms with Crippen molar-refractivity contribution < 1.29 is 14.9 Å². The molecule has 246 valence electrons. The van der Waals surface area contributed by atoms with Crippen molar-refractivity contribution in [1.82, 2.24) is 19.0 Å². The number of nitrogens with one attached hydrogen (secondary N) is 2. The van der Waals surface area contributed by atoms with Gasteiger partial charge in [0.1, 0.15) is 16.3 Å². The number of hydrogen-bond acceptors (Lipinski definition) is 7. The number of nitrogens with two attached hydrogens (primary N) is 2. The average Bonchev–Trinajstić information content (AvgIpc) is 3.68. The third-order valence-corrected chi connectivity index (χ3v) is 9.24. The molecule has 0 spiro atoms. The van der Waals surface area contributed by atoms with E-state index in [2.05, 4.69) is 21.4 Å². The van der Waals surface area contributed by atoms with Crippen LogP contribution in [0.1, 0.15) is 67.5 Å². The number of amidine groups is 1. The third kappa shape index (κ3) is 6.93. The fraction of sp³-hybridized carbons (Fsp3) is 0.364. The summed E-state index contributed by atoms with van der Waals surface area (Å²) in [5.41, 5.74) is 7.85. The van der Waals surface area contributed by atoms with Crippen molar-refractivity contribution in [2.24, 2.45) is 22.6 Å². The van der Waals surface area contributed by atoms with E-state index in [1.54, 1.807) is 32.9 Å². The average molecular weight is 659 g/mol. The molecule has 2 amide bonds. The largest absolute Gasteiger partial charge is 0.390 e. The smallest absolute Gasteiger partial charge is 0.336 e. The number of rotatable bonds is 8. The summed E-state index contributed by atoms with van der Waals surface area (Å²) in [6.45, 7) is 10.6. The van der Waals surface area contributed by atoms with Gasteiger partial charge in [-0.2, -0.15) is 0 Å². The lowest BCUT2D eigenvalue weighted by atomic mass is 9.92. The molecule has 6 N–H and O–H groups in total. The number of amides is 2. The van der Waals surface area contributed by atoms with Crippen LogP contribution >= 0.6 is 11.3 Å². The van der Waals surface area contributed by atoms with Gasteiger partial charge in [0.05, 0.1) is 23.1 Å². The Morgan fingerprint density at radius 2 is 1.83 bits per heavy atom. The highest BCUT2D eigenvalue weighted by Gasteiger charge is 2.34. The molecule has 0 radical (unpaired) electrons. The second-order valence-corrected chi connectivity index (χ2v) is 13.4. The molecule has 0 saturated carbocycles. The molecule has 3 aromatic rings. The van der Waals surface area contributed by atoms with Crippen molar-refractivity contribution in [3.63, 3.8) is 0 Å². The highest BCUT2D eigenvalue weighted by molar-refractivity contribution is 7.14. The van der Waals surface area contributed by atoms with E-state index in [-0.39, 0.29) is 35.2 Å². The maximum Gasteiger partial charge on any atom is 0.336 e. The molecule has 0 bridgehead atoms. The molecule has 0 unspecified atom stereocenters. The number of carbonyl (C=O) groups is 2. The molecule has 1 aromatic carbocycles. The van der Waals surface area contributed by atoms with Crippen molar-refractivity contribution in [2.45, 2.75) is 53.5 Å². The summed E-state index contributed by atoms with van der Waals surface area (Å²) < 4.78 is 2.34. The number of benzene rings is 1. The Morgan fingerprint density at radius 1 is 1.15 bits per heavy atom. The molecule has 2 aromatic heterocycles. The number of thiazole rings is 1. The Bertz CT molecular complexity index is 1920. The van der Waals surface area contributed by atoms with Crippen molar-refractivity contribution in [1.29, 1.82) is 5.41 Å². The quantitative estimate of drug-likeness (QED) is 0.213. The summed E-state index contributed by atoms with van der Waals surface area (Å²) in [5, 5.41) is 14.3. The van der Waals surface area contributed by atoms with Crippen LogP contribution in [-0.4, -0.2) is 56.1 Å². The predicted molar refractivity (Wildman–Crippen MR) is 183 cm³/mol. The van der Waals surface area contributed by atoms with Crippen LogP contribution in [-0.2, 0) is 4.79 Å². The van der Waals surface area contributed by atoms with E-state index in [1.807, 2.05) is 36.2 Å². The number of allylic oxidation sites excluding steroid dienone is 3. The first-order valence-corrected chi connectivity index (χ1v) is 16.4. The van der Waals surface area contributed by atoms with Crippen LogP contribution in [0.2, 0.25) is 0 Å². The van der Waals surface area contributed by atoms with Gasteiger partial charge in [0.15, 0.2) is 5.70 Å². The minimum absolute atomic E-state index is 0.0336. The maximum atomic E-state index is 13.4. The predicted octanol–water partition coefficient (Wildman–Crippen LogP) is 2.63. The van der Waals surface area contributed by atoms with Crippen LogP contribution < -0.4 is 27.6 Å². The number of anilines is 1. The minimum atomic E-state index is -0.725. The van der Waals surface area contributed by atoms with E-state index in [9.17, 15) is 19.2 Å². The summed E-state index contributed by atoms with van der Waals surface area (Å²) in [7, 11) is 0. The molecule has 13 nitrogen and oxygen atoms in total. The fourth-order valence-corrected chi connectivity index (χ4v) is 6.59. The lowest BCUT2D eigenvalue weighted by Gasteiger charge is -2.32. The summed E-state index contributed by atoms with van der Waals surface area (Å²) in [6.07, 6.45) is 7.57. The fourth-order valence-electron chi connectivity index (χ4n) is 5.82. The Balaban J connectivity index is 1.39. The zero-order valence-electron chi connectivity index (χ0n) is 27.1. The number of aromatic nitrogens is 3. The minimum Gasteiger partial charge on any atom is -0.390 e. The van der Waals surface area contributed by atoms with Gasteiger partial charge in [-0.15, -0.1) is 11.3 Å². The molecule has 0 atom stereocenters. The van der Waals surface area contributed by atoms with E-state index in [4.69, 9.17) is 11.1 Å². The highest BCUT2D eigenvalue weighted by Crippen LogP contribution is 2.30. The number of nitrogens with zero attached hydrogens (tertiary/aromatic N) is 5. The first-order valence-electron chi connectivity index (χ1n) is 15.5. The number of piperidine rings is 1. The van der Waals surface area contributed by atoms with Gasteiger partial charge in [-0.05, 0) is 51.3 Å². The Labute approximate surface area is 276 Å². The van der Waals surface area contributed by atoms with E-state index < -0.39 is 17.2 Å². The van der Waals surface area contributed by atoms with Crippen LogP contribution in [0.25, 0.3) is 10.6 Å². The van der Waals surface area contributed by atoms with E-state index in [0.717, 1.165) is 40.6 Å². The zero-order chi connectivity index (χ0) is 34.0. The Hall–Kier alpha value is -4.95. The van der Waals surface area contributed by atoms with Gasteiger partial charge in [0.2, 0.25) is 11.7 Å². The van der Waals surface area contributed by atoms with Gasteiger partial charge in [-0.3, -0.25) is 29.7 Å². The van der Waals surface area contributed by atoms with Crippen LogP contribution in [0.15, 0.2) is 68.7 Å². The second-order valence-electron chi connectivity index (χ2n) is 12.2. The summed E-state index contributed by atoms with van der Waals surface area (Å²) >= 11 is 1.19. The molecule has 2 aliphatic heterocycles. The van der Waals surface area contributed by atoms with Gasteiger partial charge in [-0.25, -0.2) is 19.3 Å². The zero-order valence-corrected chi connectivity index (χ0v) is 27.9. The van der Waals surface area contributed by atoms with E-state index in [0.29, 0.717) is 34.5 Å². The molecule has 4 heterocycles. The molecule has 0 aliphatic carbocycles. The molecular weight excluding hydrogens is 618 g/mol. The summed E-state index contributed by atoms with van der Waals surface area (Å²) in [6, 6.07) is 6.80. The lowest BCUT2D eigenvalue weighted by molar-refractivity contribution is -0.549. The number of aryl methyl sites for hydroxylation is 1. The van der Waals surface area contributed by atoms with Crippen molar-refractivity contribution >= 4 is 46.6 Å². The Morgan fingerprint density at radius 3 is 2.40 bits per heavy atom. The summed E-state index contributed by atoms with van der Waals surface area (Å²) in [5.74, 6) is -0.247. The van der Waals surface area contributed by atoms with Gasteiger partial charge in [0, 0.05) is 48.9 Å². The number of carbonyl (C=O) groups excluding carboxylic acids is 2. The van der Waals surface area contributed by atoms with Crippen LogP contribution in [0.4, 0.5) is 5.69 Å². The molecule has 1 saturated heterocycles. The third-order valence-electron chi connectivity index (χ3n) is 8.34. The Kier molecular flexibility index (Phi) is 9.82. The molecule has 5 rings (SSSR count). The number of aliphatic imine (C=N–C) groups is 1. The SMILES string of the molecule is Cc1ncc(-n2c(=O)c(C(=O)Nc3ccc(C4=C(C(=N)N=CN)[NH2+]C(C5CCN(C(=O)C(C)C)CC5)=C4)cc3)cn(C(C)C)c2=O)s1.